The fourth-order valence-electron chi connectivity index (χ4n) is 7.31. The molecule has 0 radical (unpaired) electrons. The van der Waals surface area contributed by atoms with Gasteiger partial charge in [0.15, 0.2) is 34.7 Å². The fraction of sp³-hybridized carbons (Fsp3) is 0.594. The Morgan fingerprint density at radius 1 is 1.04 bits per heavy atom. The highest BCUT2D eigenvalue weighted by atomic mass is 16.6. The van der Waals surface area contributed by atoms with E-state index in [1.54, 1.807) is 58.8 Å². The number of hydrogen-bond acceptors (Lipinski definition) is 13. The number of hydrogen-bond donors (Lipinski definition) is 5. The van der Waals surface area contributed by atoms with E-state index in [0.29, 0.717) is 5.69 Å². The fourth-order valence-corrected chi connectivity index (χ4v) is 7.31. The van der Waals surface area contributed by atoms with Crippen LogP contribution in [-0.2, 0) is 35.1 Å². The van der Waals surface area contributed by atoms with Gasteiger partial charge in [-0.25, -0.2) is 4.79 Å². The number of alkyl carbamates (subject to hydrolysis) is 1. The van der Waals surface area contributed by atoms with Gasteiger partial charge in [-0.05, 0) is 67.0 Å². The Balaban J connectivity index is 1.99. The first-order valence-corrected chi connectivity index (χ1v) is 15.4. The average molecular weight is 673 g/mol. The predicted molar refractivity (Wildman–Crippen MR) is 171 cm³/mol. The molecular weight excluding hydrogens is 628 g/mol. The number of phenolic OH excluding ortho intramolecular Hbond substituents is 1. The maximum Gasteiger partial charge on any atom is 0.407 e. The Kier molecular flexibility index (Phi) is 9.53. The molecule has 262 valence electrons. The maximum absolute atomic E-state index is 14.5. The quantitative estimate of drug-likeness (QED) is 0.172. The summed E-state index contributed by atoms with van der Waals surface area (Å²) < 4.78 is 5.47. The topological polar surface area (TPSA) is 229 Å². The molecule has 0 spiro atoms. The van der Waals surface area contributed by atoms with Gasteiger partial charge >= 0.3 is 6.09 Å². The molecule has 2 saturated carbocycles. The number of aliphatic hydroxyl groups is 1. The monoisotopic (exact) mass is 672 g/mol. The van der Waals surface area contributed by atoms with Gasteiger partial charge in [0.25, 0.3) is 0 Å². The van der Waals surface area contributed by atoms with Crippen molar-refractivity contribution in [2.45, 2.75) is 50.5 Å². The van der Waals surface area contributed by atoms with Crippen LogP contribution in [0.25, 0.3) is 0 Å². The zero-order valence-electron chi connectivity index (χ0n) is 28.5. The van der Waals surface area contributed by atoms with Crippen LogP contribution >= 0.6 is 0 Å². The lowest BCUT2D eigenvalue weighted by atomic mass is 9.50. The minimum atomic E-state index is -3.13. The van der Waals surface area contributed by atoms with Crippen molar-refractivity contribution in [3.05, 3.63) is 17.2 Å². The van der Waals surface area contributed by atoms with E-state index in [-0.39, 0.29) is 29.8 Å². The van der Waals surface area contributed by atoms with Crippen molar-refractivity contribution in [1.82, 2.24) is 15.1 Å². The van der Waals surface area contributed by atoms with Crippen LogP contribution in [-0.4, -0.2) is 133 Å². The molecule has 1 aromatic carbocycles. The van der Waals surface area contributed by atoms with Crippen LogP contribution in [0.5, 0.6) is 5.75 Å². The number of rotatable bonds is 7. The number of benzene rings is 1. The molecule has 3 amide bonds. The minimum Gasteiger partial charge on any atom is -0.505 e. The molecule has 0 heterocycles. The summed E-state index contributed by atoms with van der Waals surface area (Å²) in [6.07, 6.45) is -1.16. The largest absolute Gasteiger partial charge is 0.505 e. The highest BCUT2D eigenvalue weighted by molar-refractivity contribution is 6.32. The number of carbonyl (C=O) groups excluding carboxylic acids is 7. The molecule has 3 aliphatic rings. The third-order valence-electron chi connectivity index (χ3n) is 9.06. The molecule has 0 aliphatic heterocycles. The first kappa shape index (κ1) is 36.4. The van der Waals surface area contributed by atoms with Crippen molar-refractivity contribution in [2.24, 2.45) is 29.4 Å². The number of fused-ring (bicyclic) bond motifs is 3. The highest BCUT2D eigenvalue weighted by Gasteiger charge is 2.72. The summed E-state index contributed by atoms with van der Waals surface area (Å²) in [5.41, 5.74) is 1.54. The number of carbonyl (C=O) groups is 7. The van der Waals surface area contributed by atoms with Crippen molar-refractivity contribution in [3.8, 4) is 5.75 Å². The van der Waals surface area contributed by atoms with E-state index in [4.69, 9.17) is 10.5 Å². The second-order valence-corrected chi connectivity index (χ2v) is 14.4. The highest BCUT2D eigenvalue weighted by Crippen LogP contribution is 2.53. The molecule has 16 heteroatoms. The van der Waals surface area contributed by atoms with E-state index in [9.17, 15) is 43.8 Å². The first-order valence-electron chi connectivity index (χ1n) is 15.4. The van der Waals surface area contributed by atoms with E-state index in [0.717, 1.165) is 0 Å². The number of aromatic hydroxyl groups is 1. The summed E-state index contributed by atoms with van der Waals surface area (Å²) >= 11 is 0. The summed E-state index contributed by atoms with van der Waals surface area (Å²) in [7, 11) is 9.54. The minimum absolute atomic E-state index is 0.0493. The lowest BCUT2D eigenvalue weighted by Crippen LogP contribution is -2.79. The Morgan fingerprint density at radius 3 is 2.15 bits per heavy atom. The number of nitrogens with zero attached hydrogens (tertiary/aromatic N) is 3. The number of nitrogens with two attached hydrogens (primary N) is 1. The Bertz CT molecular complexity index is 1600. The second-order valence-electron chi connectivity index (χ2n) is 14.4. The van der Waals surface area contributed by atoms with E-state index in [2.05, 4.69) is 10.6 Å². The molecule has 0 aromatic heterocycles. The Labute approximate surface area is 277 Å². The molecule has 6 N–H and O–H groups in total. The molecule has 0 saturated heterocycles. The van der Waals surface area contributed by atoms with Crippen molar-refractivity contribution in [1.29, 1.82) is 0 Å². The number of primary amides is 1. The van der Waals surface area contributed by atoms with Crippen LogP contribution in [0.2, 0.25) is 0 Å². The molecule has 3 aliphatic carbocycles. The third kappa shape index (κ3) is 6.03. The van der Waals surface area contributed by atoms with E-state index >= 15 is 0 Å². The number of Topliss-reactive ketones (excluding diaryl/α,β-unsaturated/α-hetero) is 4. The van der Waals surface area contributed by atoms with Gasteiger partial charge < -0.3 is 41.1 Å². The number of nitrogens with one attached hydrogen (secondary N) is 2. The predicted octanol–water partition coefficient (Wildman–Crippen LogP) is -1.06. The van der Waals surface area contributed by atoms with Gasteiger partial charge in [0.2, 0.25) is 11.8 Å². The molecule has 2 unspecified atom stereocenters. The number of ether oxygens (including phenoxy) is 1. The maximum atomic E-state index is 14.5. The van der Waals surface area contributed by atoms with Crippen molar-refractivity contribution in [3.63, 3.8) is 0 Å². The molecule has 4 rings (SSSR count). The first-order chi connectivity index (χ1) is 22.0. The van der Waals surface area contributed by atoms with E-state index in [1.165, 1.54) is 25.1 Å². The number of likely N-dealkylation sites (N-methyl/N-ethyl adjacent to an activating group) is 2. The van der Waals surface area contributed by atoms with Gasteiger partial charge in [-0.3, -0.25) is 33.7 Å². The molecule has 2 fully saturated rings. The summed E-state index contributed by atoms with van der Waals surface area (Å²) in [5, 5.41) is 28.9. The Morgan fingerprint density at radius 2 is 1.65 bits per heavy atom. The summed E-state index contributed by atoms with van der Waals surface area (Å²) in [5.74, 6) is -14.1. The van der Waals surface area contributed by atoms with E-state index in [1.807, 2.05) is 0 Å². The number of phenols is 1. The van der Waals surface area contributed by atoms with Gasteiger partial charge in [-0.1, -0.05) is 0 Å². The number of anilines is 2. The molecular formula is C32H44N6O10. The van der Waals surface area contributed by atoms with Crippen molar-refractivity contribution >= 4 is 52.4 Å². The molecule has 7 atom stereocenters. The molecule has 48 heavy (non-hydrogen) atoms. The lowest BCUT2D eigenvalue weighted by Gasteiger charge is -2.56. The standard InChI is InChI=1S/C32H44N6O10/c1-31(2,3)48-30(46)35-22-14-10-13-16(37(6)7)11-15(34-17(39)12-36(4)5)24(40)18(13)25(41)19(14)27(43)32(47)21(22)23(38(8)9)26(42)20(28(32)44)29(33)45/h11,14,19-23,40,47H,10,12H2,1-9H3,(H2,33,45)(H,34,39)(H,35,46)/t14-,19?,20?,21+,22+,23+,32+/m1/s1. The van der Waals surface area contributed by atoms with Crippen LogP contribution in [0.4, 0.5) is 16.2 Å². The third-order valence-corrected chi connectivity index (χ3v) is 9.06. The molecule has 0 bridgehead atoms. The Hall–Kier alpha value is -4.41. The average Bonchev–Trinajstić information content (AvgIpc) is 2.92. The van der Waals surface area contributed by atoms with Crippen LogP contribution in [0, 0.1) is 23.7 Å². The summed E-state index contributed by atoms with van der Waals surface area (Å²) in [4.78, 5) is 99.5. The van der Waals surface area contributed by atoms with Crippen molar-refractivity contribution in [2.75, 3.05) is 59.0 Å². The van der Waals surface area contributed by atoms with Crippen molar-refractivity contribution < 1.29 is 48.5 Å². The summed E-state index contributed by atoms with van der Waals surface area (Å²) in [6.45, 7) is 4.76. The normalized spacial score (nSPS) is 28.4. The SMILES string of the molecule is CN(C)CC(=O)Nc1cc(N(C)C)c2c(c1O)C(=O)C1C(=O)[C@]3(O)C(=O)C(C(N)=O)C(=O)[C@@H](N(C)C)[C@@H]3[C@@H](NC(=O)OC(C)(C)C)[C@@H]1C2. The van der Waals surface area contributed by atoms with Crippen LogP contribution in [0.15, 0.2) is 6.07 Å². The zero-order chi connectivity index (χ0) is 36.4. The molecule has 16 nitrogen and oxygen atoms in total. The lowest BCUT2D eigenvalue weighted by molar-refractivity contribution is -0.184. The number of ketones is 4. The molecule has 1 aromatic rings. The van der Waals surface area contributed by atoms with Gasteiger partial charge in [-0.15, -0.1) is 0 Å². The second kappa shape index (κ2) is 12.6. The number of amides is 3. The van der Waals surface area contributed by atoms with Crippen LogP contribution in [0.1, 0.15) is 36.7 Å². The van der Waals surface area contributed by atoms with Crippen LogP contribution in [0.3, 0.4) is 0 Å². The smallest absolute Gasteiger partial charge is 0.407 e. The van der Waals surface area contributed by atoms with Gasteiger partial charge in [-0.2, -0.15) is 0 Å². The summed E-state index contributed by atoms with van der Waals surface area (Å²) in [6, 6.07) is -1.43. The van der Waals surface area contributed by atoms with E-state index < -0.39 is 93.7 Å². The zero-order valence-corrected chi connectivity index (χ0v) is 28.5. The van der Waals surface area contributed by atoms with Gasteiger partial charge in [0.1, 0.15) is 11.4 Å². The van der Waals surface area contributed by atoms with Crippen LogP contribution < -0.4 is 21.3 Å². The van der Waals surface area contributed by atoms with Gasteiger partial charge in [0, 0.05) is 37.7 Å². The van der Waals surface area contributed by atoms with Gasteiger partial charge in [0.05, 0.1) is 29.8 Å².